The predicted octanol–water partition coefficient (Wildman–Crippen LogP) is 6.34. The molecule has 1 aliphatic heterocycles. The van der Waals surface area contributed by atoms with Gasteiger partial charge in [0.25, 0.3) is 0 Å². The number of likely N-dealkylation sites (N-methyl/N-ethyl adjacent to an activating group) is 1. The number of carbonyl (C=O) groups is 2. The van der Waals surface area contributed by atoms with Crippen molar-refractivity contribution in [1.29, 1.82) is 0 Å². The lowest BCUT2D eigenvalue weighted by Crippen LogP contribution is -2.33. The summed E-state index contributed by atoms with van der Waals surface area (Å²) in [6.07, 6.45) is 4.44. The summed E-state index contributed by atoms with van der Waals surface area (Å²) in [6.45, 7) is 9.79. The number of carboxylic acids is 1. The number of ether oxygens (including phenoxy) is 1. The Morgan fingerprint density at radius 1 is 1.11 bits per heavy atom. The fourth-order valence-corrected chi connectivity index (χ4v) is 6.23. The summed E-state index contributed by atoms with van der Waals surface area (Å²) in [5.41, 5.74) is 4.22. The van der Waals surface area contributed by atoms with Crippen LogP contribution in [0.5, 0.6) is 5.75 Å². The molecule has 2 aromatic carbocycles. The van der Waals surface area contributed by atoms with Crippen molar-refractivity contribution in [2.45, 2.75) is 84.3 Å². The van der Waals surface area contributed by atoms with Crippen molar-refractivity contribution in [3.63, 3.8) is 0 Å². The van der Waals surface area contributed by atoms with Crippen LogP contribution in [0.25, 0.3) is 11.1 Å². The minimum Gasteiger partial charge on any atom is -0.490 e. The first-order chi connectivity index (χ1) is 17.0. The molecule has 2 fully saturated rings. The van der Waals surface area contributed by atoms with Crippen LogP contribution in [-0.2, 0) is 16.0 Å². The number of ketones is 1. The highest BCUT2D eigenvalue weighted by atomic mass is 16.5. The number of carbonyl (C=O) groups excluding carboxylic acids is 1. The van der Waals surface area contributed by atoms with Gasteiger partial charge in [0.2, 0.25) is 0 Å². The maximum Gasteiger partial charge on any atom is 0.307 e. The summed E-state index contributed by atoms with van der Waals surface area (Å²) in [4.78, 5) is 26.7. The molecule has 4 rings (SSSR count). The first-order valence-electron chi connectivity index (χ1n) is 13.4. The third-order valence-electron chi connectivity index (χ3n) is 7.88. The highest BCUT2D eigenvalue weighted by molar-refractivity contribution is 5.84. The maximum absolute atomic E-state index is 13.1. The Bertz CT molecular complexity index is 1110. The van der Waals surface area contributed by atoms with Gasteiger partial charge in [-0.05, 0) is 78.8 Å². The summed E-state index contributed by atoms with van der Waals surface area (Å²) >= 11 is 0. The van der Waals surface area contributed by atoms with Gasteiger partial charge in [-0.2, -0.15) is 0 Å². The van der Waals surface area contributed by atoms with Crippen molar-refractivity contribution < 1.29 is 19.4 Å². The summed E-state index contributed by atoms with van der Waals surface area (Å²) in [5.74, 6) is 1.02. The lowest BCUT2D eigenvalue weighted by Gasteiger charge is -2.21. The molecule has 194 valence electrons. The van der Waals surface area contributed by atoms with E-state index in [9.17, 15) is 14.7 Å². The Hall–Kier alpha value is -2.66. The molecule has 1 unspecified atom stereocenters. The fraction of sp³-hybridized carbons (Fsp3) is 0.548. The Morgan fingerprint density at radius 3 is 2.53 bits per heavy atom. The molecule has 0 amide bonds. The highest BCUT2D eigenvalue weighted by Gasteiger charge is 2.40. The average Bonchev–Trinajstić information content (AvgIpc) is 3.36. The quantitative estimate of drug-likeness (QED) is 0.443. The van der Waals surface area contributed by atoms with Gasteiger partial charge in [-0.25, -0.2) is 0 Å². The van der Waals surface area contributed by atoms with Crippen molar-refractivity contribution >= 4 is 11.8 Å². The van der Waals surface area contributed by atoms with Gasteiger partial charge in [0.05, 0.1) is 18.6 Å². The van der Waals surface area contributed by atoms with Crippen LogP contribution >= 0.6 is 0 Å². The Balaban J connectivity index is 1.49. The number of carboxylic acid groups (broad SMARTS) is 1. The monoisotopic (exact) mass is 491 g/mol. The van der Waals surface area contributed by atoms with Gasteiger partial charge in [-0.1, -0.05) is 58.0 Å². The van der Waals surface area contributed by atoms with E-state index < -0.39 is 5.97 Å². The fourth-order valence-electron chi connectivity index (χ4n) is 6.23. The first kappa shape index (κ1) is 26.4. The maximum atomic E-state index is 13.1. The molecule has 0 bridgehead atoms. The largest absolute Gasteiger partial charge is 0.490 e. The molecule has 2 aliphatic rings. The molecule has 3 atom stereocenters. The standard InChI is InChI=1S/C31H41NO4/c1-20(2)24-8-6-7-9-25(24)26-15-22(17-30(34)35)11-13-29(26)36-23-12-10-21(14-23)16-28(33)27-18-31(3,4)19-32(27)5/h6-9,11,13,15,20-21,23,27H,10,12,14,16-19H2,1-5H3,(H,34,35)/t21-,23-,27?/m1/s1. The number of Topliss-reactive ketones (excluding diaryl/α,β-unsaturated/α-hetero) is 1. The summed E-state index contributed by atoms with van der Waals surface area (Å²) < 4.78 is 6.58. The van der Waals surface area contributed by atoms with Crippen LogP contribution in [0.2, 0.25) is 0 Å². The average molecular weight is 492 g/mol. The van der Waals surface area contributed by atoms with Gasteiger partial charge in [-0.15, -0.1) is 0 Å². The van der Waals surface area contributed by atoms with Gasteiger partial charge in [0.15, 0.2) is 0 Å². The van der Waals surface area contributed by atoms with Gasteiger partial charge in [0.1, 0.15) is 11.5 Å². The van der Waals surface area contributed by atoms with E-state index in [1.807, 2.05) is 30.3 Å². The van der Waals surface area contributed by atoms with E-state index in [2.05, 4.69) is 51.8 Å². The van der Waals surface area contributed by atoms with Crippen molar-refractivity contribution in [3.05, 3.63) is 53.6 Å². The molecule has 2 aromatic rings. The van der Waals surface area contributed by atoms with Gasteiger partial charge < -0.3 is 9.84 Å². The highest BCUT2D eigenvalue weighted by Crippen LogP contribution is 2.40. The molecule has 36 heavy (non-hydrogen) atoms. The zero-order chi connectivity index (χ0) is 26.0. The molecule has 0 spiro atoms. The Kier molecular flexibility index (Phi) is 7.89. The van der Waals surface area contributed by atoms with Crippen molar-refractivity contribution in [3.8, 4) is 16.9 Å². The smallest absolute Gasteiger partial charge is 0.307 e. The molecule has 1 N–H and O–H groups in total. The van der Waals surface area contributed by atoms with Gasteiger partial charge in [-0.3, -0.25) is 14.5 Å². The van der Waals surface area contributed by atoms with E-state index in [0.29, 0.717) is 24.0 Å². The SMILES string of the molecule is CC(C)c1ccccc1-c1cc(CC(=O)O)ccc1O[C@@H]1CC[C@@H](CC(=O)C2CC(C)(C)CN2C)C1. The first-order valence-corrected chi connectivity index (χ1v) is 13.4. The molecule has 0 aromatic heterocycles. The number of hydrogen-bond donors (Lipinski definition) is 1. The topological polar surface area (TPSA) is 66.8 Å². The molecular formula is C31H41NO4. The van der Waals surface area contributed by atoms with Crippen LogP contribution in [0, 0.1) is 11.3 Å². The normalized spacial score (nSPS) is 23.8. The van der Waals surface area contributed by atoms with E-state index in [1.54, 1.807) is 0 Å². The second-order valence-corrected chi connectivity index (χ2v) is 12.0. The zero-order valence-electron chi connectivity index (χ0n) is 22.4. The summed E-state index contributed by atoms with van der Waals surface area (Å²) in [5, 5.41) is 9.33. The molecule has 5 heteroatoms. The Morgan fingerprint density at radius 2 is 1.86 bits per heavy atom. The van der Waals surface area contributed by atoms with Crippen molar-refractivity contribution in [2.24, 2.45) is 11.3 Å². The molecule has 1 heterocycles. The van der Waals surface area contributed by atoms with E-state index in [4.69, 9.17) is 4.74 Å². The van der Waals surface area contributed by atoms with Crippen molar-refractivity contribution in [1.82, 2.24) is 4.90 Å². The lowest BCUT2D eigenvalue weighted by molar-refractivity contribution is -0.136. The van der Waals surface area contributed by atoms with Crippen LogP contribution in [0.1, 0.15) is 76.8 Å². The van der Waals surface area contributed by atoms with Gasteiger partial charge in [0, 0.05) is 18.5 Å². The van der Waals surface area contributed by atoms with E-state index in [0.717, 1.165) is 54.7 Å². The third kappa shape index (κ3) is 6.18. The number of benzene rings is 2. The number of rotatable bonds is 9. The predicted molar refractivity (Wildman–Crippen MR) is 144 cm³/mol. The minimum absolute atomic E-state index is 0.0167. The Labute approximate surface area is 215 Å². The third-order valence-corrected chi connectivity index (χ3v) is 7.88. The van der Waals surface area contributed by atoms with Crippen LogP contribution in [-0.4, -0.2) is 47.5 Å². The lowest BCUT2D eigenvalue weighted by atomic mass is 9.87. The summed E-state index contributed by atoms with van der Waals surface area (Å²) in [7, 11) is 2.07. The number of nitrogens with zero attached hydrogens (tertiary/aromatic N) is 1. The van der Waals surface area contributed by atoms with Gasteiger partial charge >= 0.3 is 5.97 Å². The minimum atomic E-state index is -0.841. The molecule has 1 aliphatic carbocycles. The molecule has 0 radical (unpaired) electrons. The van der Waals surface area contributed by atoms with Crippen LogP contribution in [0.4, 0.5) is 0 Å². The number of likely N-dealkylation sites (tertiary alicyclic amines) is 1. The number of aliphatic carboxylic acids is 1. The van der Waals surface area contributed by atoms with E-state index in [1.165, 1.54) is 5.56 Å². The van der Waals surface area contributed by atoms with Crippen molar-refractivity contribution in [2.75, 3.05) is 13.6 Å². The summed E-state index contributed by atoms with van der Waals surface area (Å²) in [6, 6.07) is 14.1. The number of hydrogen-bond acceptors (Lipinski definition) is 4. The molecular weight excluding hydrogens is 450 g/mol. The zero-order valence-corrected chi connectivity index (χ0v) is 22.4. The van der Waals surface area contributed by atoms with Crippen LogP contribution in [0.15, 0.2) is 42.5 Å². The second kappa shape index (κ2) is 10.8. The van der Waals surface area contributed by atoms with Crippen LogP contribution in [0.3, 0.4) is 0 Å². The van der Waals surface area contributed by atoms with E-state index >= 15 is 0 Å². The van der Waals surface area contributed by atoms with E-state index in [-0.39, 0.29) is 24.0 Å². The second-order valence-electron chi connectivity index (χ2n) is 12.0. The molecule has 1 saturated heterocycles. The van der Waals surface area contributed by atoms with Crippen LogP contribution < -0.4 is 4.74 Å². The molecule has 1 saturated carbocycles. The molecule has 5 nitrogen and oxygen atoms in total.